The minimum atomic E-state index is 0.114. The fraction of sp³-hybridized carbons (Fsp3) is 0.750. The van der Waals surface area contributed by atoms with Gasteiger partial charge >= 0.3 is 12.0 Å². The van der Waals surface area contributed by atoms with Crippen molar-refractivity contribution < 1.29 is 9.15 Å². The van der Waals surface area contributed by atoms with Gasteiger partial charge < -0.3 is 19.8 Å². The molecule has 14 heavy (non-hydrogen) atoms. The van der Waals surface area contributed by atoms with Crippen molar-refractivity contribution in [1.29, 1.82) is 0 Å². The van der Waals surface area contributed by atoms with Gasteiger partial charge in [-0.25, -0.2) is 0 Å². The highest BCUT2D eigenvalue weighted by molar-refractivity contribution is 5.31. The zero-order valence-corrected chi connectivity index (χ0v) is 8.14. The van der Waals surface area contributed by atoms with Crippen LogP contribution in [0.2, 0.25) is 0 Å². The molecular weight excluding hydrogens is 184 g/mol. The Hall–Kier alpha value is -1.30. The fourth-order valence-electron chi connectivity index (χ4n) is 1.35. The molecule has 1 heterocycles. The Labute approximate surface area is 82.0 Å². The van der Waals surface area contributed by atoms with Gasteiger partial charge in [-0.05, 0) is 12.8 Å². The highest BCUT2D eigenvalue weighted by Crippen LogP contribution is 2.30. The third kappa shape index (κ3) is 1.95. The summed E-state index contributed by atoms with van der Waals surface area (Å²) in [6, 6.07) is 1.13. The summed E-state index contributed by atoms with van der Waals surface area (Å²) in [6.45, 7) is 1.42. The van der Waals surface area contributed by atoms with E-state index in [2.05, 4.69) is 10.2 Å². The molecule has 0 unspecified atom stereocenters. The van der Waals surface area contributed by atoms with Crippen molar-refractivity contribution in [2.24, 2.45) is 0 Å². The van der Waals surface area contributed by atoms with Crippen LogP contribution < -0.4 is 10.6 Å². The highest BCUT2D eigenvalue weighted by Gasteiger charge is 2.31. The van der Waals surface area contributed by atoms with E-state index in [0.717, 1.165) is 6.54 Å². The number of aromatic nitrogens is 2. The molecule has 1 aliphatic rings. The number of nitrogens with two attached hydrogens (primary N) is 1. The predicted octanol–water partition coefficient (Wildman–Crippen LogP) is 0.267. The van der Waals surface area contributed by atoms with Gasteiger partial charge in [0.25, 0.3) is 0 Å². The van der Waals surface area contributed by atoms with Crippen molar-refractivity contribution in [3.05, 3.63) is 0 Å². The Kier molecular flexibility index (Phi) is 2.53. The van der Waals surface area contributed by atoms with Gasteiger partial charge in [-0.3, -0.25) is 0 Å². The van der Waals surface area contributed by atoms with Gasteiger partial charge in [0, 0.05) is 19.7 Å². The first kappa shape index (κ1) is 9.26. The van der Waals surface area contributed by atoms with Crippen molar-refractivity contribution in [1.82, 2.24) is 10.2 Å². The molecule has 1 saturated carbocycles. The number of methoxy groups -OCH3 is 1. The molecule has 1 aromatic heterocycles. The zero-order chi connectivity index (χ0) is 9.97. The molecule has 0 saturated heterocycles. The lowest BCUT2D eigenvalue weighted by Crippen LogP contribution is -2.29. The molecule has 78 valence electrons. The van der Waals surface area contributed by atoms with E-state index >= 15 is 0 Å². The molecule has 1 fully saturated rings. The smallest absolute Gasteiger partial charge is 0.319 e. The standard InChI is InChI=1S/C8H14N4O2/c1-13-5-4-12(6-2-3-6)8-11-10-7(9)14-8/h6H,2-5H2,1H3,(H2,9,10). The third-order valence-corrected chi connectivity index (χ3v) is 2.20. The van der Waals surface area contributed by atoms with Gasteiger partial charge in [0.15, 0.2) is 0 Å². The number of hydrogen-bond acceptors (Lipinski definition) is 6. The van der Waals surface area contributed by atoms with Crippen LogP contribution >= 0.6 is 0 Å². The summed E-state index contributed by atoms with van der Waals surface area (Å²) in [5.74, 6) is 0. The summed E-state index contributed by atoms with van der Waals surface area (Å²) < 4.78 is 10.2. The molecule has 0 aromatic carbocycles. The number of anilines is 2. The topological polar surface area (TPSA) is 77.4 Å². The predicted molar refractivity (Wildman–Crippen MR) is 51.0 cm³/mol. The average molecular weight is 198 g/mol. The molecule has 0 aliphatic heterocycles. The van der Waals surface area contributed by atoms with Gasteiger partial charge in [-0.2, -0.15) is 0 Å². The minimum absolute atomic E-state index is 0.114. The monoisotopic (exact) mass is 198 g/mol. The van der Waals surface area contributed by atoms with Crippen LogP contribution in [0.15, 0.2) is 4.42 Å². The average Bonchev–Trinajstić information content (AvgIpc) is 2.91. The van der Waals surface area contributed by atoms with Crippen molar-refractivity contribution in [2.75, 3.05) is 30.9 Å². The zero-order valence-electron chi connectivity index (χ0n) is 8.14. The van der Waals surface area contributed by atoms with Crippen LogP contribution in [0.4, 0.5) is 12.0 Å². The second-order valence-electron chi connectivity index (χ2n) is 3.34. The Morgan fingerprint density at radius 2 is 2.36 bits per heavy atom. The molecule has 0 atom stereocenters. The number of ether oxygens (including phenoxy) is 1. The van der Waals surface area contributed by atoms with Gasteiger partial charge in [0.1, 0.15) is 0 Å². The molecule has 2 rings (SSSR count). The fourth-order valence-corrected chi connectivity index (χ4v) is 1.35. The lowest BCUT2D eigenvalue weighted by atomic mass is 10.5. The molecule has 6 heteroatoms. The lowest BCUT2D eigenvalue weighted by molar-refractivity contribution is 0.203. The maximum atomic E-state index is 5.37. The van der Waals surface area contributed by atoms with Crippen LogP contribution in [0.3, 0.4) is 0 Å². The van der Waals surface area contributed by atoms with Gasteiger partial charge in [-0.1, -0.05) is 10.2 Å². The van der Waals surface area contributed by atoms with Crippen LogP contribution in [-0.4, -0.2) is 36.5 Å². The van der Waals surface area contributed by atoms with Crippen LogP contribution in [0.5, 0.6) is 0 Å². The van der Waals surface area contributed by atoms with Gasteiger partial charge in [0.05, 0.1) is 6.61 Å². The highest BCUT2D eigenvalue weighted by atomic mass is 16.5. The number of nitrogens with zero attached hydrogens (tertiary/aromatic N) is 3. The molecule has 1 aliphatic carbocycles. The number of nitrogen functional groups attached to an aromatic ring is 1. The first-order valence-corrected chi connectivity index (χ1v) is 4.66. The molecule has 1 aromatic rings. The third-order valence-electron chi connectivity index (χ3n) is 2.20. The lowest BCUT2D eigenvalue weighted by Gasteiger charge is -2.18. The van der Waals surface area contributed by atoms with Crippen LogP contribution in [0.1, 0.15) is 12.8 Å². The second kappa shape index (κ2) is 3.83. The van der Waals surface area contributed by atoms with Crippen LogP contribution in [-0.2, 0) is 4.74 Å². The minimum Gasteiger partial charge on any atom is -0.390 e. The quantitative estimate of drug-likeness (QED) is 0.731. The van der Waals surface area contributed by atoms with E-state index in [1.54, 1.807) is 7.11 Å². The summed E-state index contributed by atoms with van der Waals surface area (Å²) in [5.41, 5.74) is 5.37. The molecule has 2 N–H and O–H groups in total. The SMILES string of the molecule is COCCN(c1nnc(N)o1)C1CC1. The van der Waals surface area contributed by atoms with Crippen molar-refractivity contribution in [3.8, 4) is 0 Å². The Bertz CT molecular complexity index is 297. The molecule has 0 bridgehead atoms. The largest absolute Gasteiger partial charge is 0.390 e. The van der Waals surface area contributed by atoms with E-state index in [9.17, 15) is 0 Å². The van der Waals surface area contributed by atoms with Gasteiger partial charge in [-0.15, -0.1) is 0 Å². The first-order valence-electron chi connectivity index (χ1n) is 4.66. The number of hydrogen-bond donors (Lipinski definition) is 1. The number of rotatable bonds is 5. The van der Waals surface area contributed by atoms with Crippen molar-refractivity contribution >= 4 is 12.0 Å². The van der Waals surface area contributed by atoms with Crippen LogP contribution in [0, 0.1) is 0 Å². The maximum Gasteiger partial charge on any atom is 0.319 e. The Morgan fingerprint density at radius 3 is 2.86 bits per heavy atom. The second-order valence-corrected chi connectivity index (χ2v) is 3.34. The maximum absolute atomic E-state index is 5.37. The molecule has 0 radical (unpaired) electrons. The van der Waals surface area contributed by atoms with E-state index < -0.39 is 0 Å². The van der Waals surface area contributed by atoms with E-state index in [4.69, 9.17) is 14.9 Å². The van der Waals surface area contributed by atoms with Crippen molar-refractivity contribution in [2.45, 2.75) is 18.9 Å². The summed E-state index contributed by atoms with van der Waals surface area (Å²) in [5, 5.41) is 7.49. The van der Waals surface area contributed by atoms with Crippen molar-refractivity contribution in [3.63, 3.8) is 0 Å². The Balaban J connectivity index is 2.02. The molecule has 0 amide bonds. The summed E-state index contributed by atoms with van der Waals surface area (Å²) in [4.78, 5) is 2.05. The summed E-state index contributed by atoms with van der Waals surface area (Å²) in [7, 11) is 1.67. The van der Waals surface area contributed by atoms with Crippen LogP contribution in [0.25, 0.3) is 0 Å². The Morgan fingerprint density at radius 1 is 1.57 bits per heavy atom. The molecule has 0 spiro atoms. The summed E-state index contributed by atoms with van der Waals surface area (Å²) >= 11 is 0. The first-order chi connectivity index (χ1) is 6.81. The molecule has 6 nitrogen and oxygen atoms in total. The normalized spacial score (nSPS) is 15.8. The molecular formula is C8H14N4O2. The van der Waals surface area contributed by atoms with E-state index in [-0.39, 0.29) is 6.01 Å². The van der Waals surface area contributed by atoms with E-state index in [1.807, 2.05) is 4.90 Å². The van der Waals surface area contributed by atoms with E-state index in [0.29, 0.717) is 18.7 Å². The van der Waals surface area contributed by atoms with Gasteiger partial charge in [0.2, 0.25) is 0 Å². The van der Waals surface area contributed by atoms with E-state index in [1.165, 1.54) is 12.8 Å². The summed E-state index contributed by atoms with van der Waals surface area (Å²) in [6.07, 6.45) is 2.35.